The van der Waals surface area contributed by atoms with Crippen molar-refractivity contribution in [1.82, 2.24) is 14.1 Å². The number of hydrogen-bond donors (Lipinski definition) is 0. The van der Waals surface area contributed by atoms with E-state index < -0.39 is 10.0 Å². The number of benzene rings is 1. The van der Waals surface area contributed by atoms with Crippen LogP contribution in [0.3, 0.4) is 0 Å². The fourth-order valence-corrected chi connectivity index (χ4v) is 3.76. The second kappa shape index (κ2) is 7.96. The van der Waals surface area contributed by atoms with Gasteiger partial charge in [0.1, 0.15) is 12.3 Å². The highest BCUT2D eigenvalue weighted by molar-refractivity contribution is 7.88. The fraction of sp³-hybridized carbons (Fsp3) is 0.300. The van der Waals surface area contributed by atoms with Crippen molar-refractivity contribution >= 4 is 10.0 Å². The minimum Gasteiger partial charge on any atom is -0.490 e. The monoisotopic (exact) mass is 431 g/mol. The molecule has 0 aliphatic carbocycles. The van der Waals surface area contributed by atoms with Crippen LogP contribution >= 0.6 is 0 Å². The van der Waals surface area contributed by atoms with Crippen LogP contribution in [0.2, 0.25) is 0 Å². The van der Waals surface area contributed by atoms with Crippen molar-refractivity contribution in [2.45, 2.75) is 18.1 Å². The van der Waals surface area contributed by atoms with Crippen LogP contribution in [-0.2, 0) is 16.6 Å². The molecule has 3 aromatic rings. The van der Waals surface area contributed by atoms with Crippen molar-refractivity contribution in [3.63, 3.8) is 0 Å². The molecular weight excluding hydrogens is 410 g/mol. The van der Waals surface area contributed by atoms with E-state index in [1.54, 1.807) is 6.07 Å². The van der Waals surface area contributed by atoms with Gasteiger partial charge in [0, 0.05) is 32.1 Å². The lowest BCUT2D eigenvalue weighted by atomic mass is 10.1. The molecule has 1 aliphatic heterocycles. The molecule has 3 heterocycles. The number of fused-ring (bicyclic) bond motifs is 1. The Bertz CT molecular complexity index is 1230. The third kappa shape index (κ3) is 3.96. The molecule has 0 fully saturated rings. The molecule has 0 saturated carbocycles. The molecule has 0 radical (unpaired) electrons. The Kier molecular flexibility index (Phi) is 5.35. The molecule has 0 saturated heterocycles. The minimum absolute atomic E-state index is 0.000172. The molecule has 30 heavy (non-hydrogen) atoms. The summed E-state index contributed by atoms with van der Waals surface area (Å²) in [5.74, 6) is 1.62. The molecule has 158 valence electrons. The summed E-state index contributed by atoms with van der Waals surface area (Å²) in [7, 11) is -0.850. The van der Waals surface area contributed by atoms with Crippen LogP contribution in [-0.4, -0.2) is 49.8 Å². The molecular formula is C20H21N3O6S. The van der Waals surface area contributed by atoms with Gasteiger partial charge in [-0.15, -0.1) is 0 Å². The number of aromatic nitrogens is 2. The van der Waals surface area contributed by atoms with Gasteiger partial charge < -0.3 is 13.9 Å². The predicted molar refractivity (Wildman–Crippen MR) is 108 cm³/mol. The van der Waals surface area contributed by atoms with Crippen molar-refractivity contribution in [2.24, 2.45) is 0 Å². The fourth-order valence-electron chi connectivity index (χ4n) is 2.95. The average molecular weight is 431 g/mol. The highest BCUT2D eigenvalue weighted by atomic mass is 32.2. The van der Waals surface area contributed by atoms with E-state index >= 15 is 0 Å². The number of hydrogen-bond acceptors (Lipinski definition) is 7. The maximum Gasteiger partial charge on any atom is 0.275 e. The first-order valence-corrected chi connectivity index (χ1v) is 10.8. The minimum atomic E-state index is -3.69. The molecule has 10 heteroatoms. The first-order chi connectivity index (χ1) is 14.3. The van der Waals surface area contributed by atoms with Gasteiger partial charge in [0.15, 0.2) is 11.5 Å². The summed E-state index contributed by atoms with van der Waals surface area (Å²) in [6.07, 6.45) is 0.807. The van der Waals surface area contributed by atoms with Crippen LogP contribution in [0, 0.1) is 0 Å². The van der Waals surface area contributed by atoms with Crippen LogP contribution < -0.4 is 15.0 Å². The highest BCUT2D eigenvalue weighted by Gasteiger charge is 2.22. The van der Waals surface area contributed by atoms with E-state index in [2.05, 4.69) is 5.10 Å². The zero-order valence-electron chi connectivity index (χ0n) is 16.6. The Morgan fingerprint density at radius 1 is 1.03 bits per heavy atom. The van der Waals surface area contributed by atoms with Crippen LogP contribution in [0.25, 0.3) is 11.3 Å². The average Bonchev–Trinajstić information content (AvgIpc) is 3.07. The number of nitrogens with zero attached hydrogens (tertiary/aromatic N) is 3. The summed E-state index contributed by atoms with van der Waals surface area (Å²) in [6, 6.07) is 11.4. The standard InChI is InChI=1S/C20H21N3O6S/c1-22(2)30(25,26)20-9-5-15(29-20)13-23-19(24)8-6-16(21-23)14-4-7-17-18(12-14)28-11-3-10-27-17/h4-9,12H,3,10-11,13H2,1-2H3. The molecule has 9 nitrogen and oxygen atoms in total. The molecule has 0 N–H and O–H groups in total. The first kappa shape index (κ1) is 20.2. The van der Waals surface area contributed by atoms with Gasteiger partial charge in [0.05, 0.1) is 18.9 Å². The van der Waals surface area contributed by atoms with Gasteiger partial charge in [-0.3, -0.25) is 4.79 Å². The maximum atomic E-state index is 12.3. The predicted octanol–water partition coefficient (Wildman–Crippen LogP) is 1.96. The number of furan rings is 1. The largest absolute Gasteiger partial charge is 0.490 e. The number of rotatable bonds is 5. The lowest BCUT2D eigenvalue weighted by molar-refractivity contribution is 0.297. The third-order valence-corrected chi connectivity index (χ3v) is 6.28. The van der Waals surface area contributed by atoms with Gasteiger partial charge in [-0.25, -0.2) is 17.4 Å². The van der Waals surface area contributed by atoms with Crippen LogP contribution in [0.1, 0.15) is 12.2 Å². The van der Waals surface area contributed by atoms with E-state index in [1.807, 2.05) is 18.2 Å². The molecule has 0 spiro atoms. The third-order valence-electron chi connectivity index (χ3n) is 4.59. The molecule has 0 unspecified atom stereocenters. The van der Waals surface area contributed by atoms with E-state index in [-0.39, 0.29) is 17.2 Å². The van der Waals surface area contributed by atoms with Crippen molar-refractivity contribution in [3.8, 4) is 22.8 Å². The summed E-state index contributed by atoms with van der Waals surface area (Å²) < 4.78 is 43.4. The van der Waals surface area contributed by atoms with Crippen LogP contribution in [0.4, 0.5) is 0 Å². The van der Waals surface area contributed by atoms with Crippen LogP contribution in [0.5, 0.6) is 11.5 Å². The summed E-state index contributed by atoms with van der Waals surface area (Å²) >= 11 is 0. The van der Waals surface area contributed by atoms with Crippen molar-refractivity contribution in [1.29, 1.82) is 0 Å². The second-order valence-electron chi connectivity index (χ2n) is 6.93. The molecule has 0 amide bonds. The molecule has 4 rings (SSSR count). The van der Waals surface area contributed by atoms with Crippen molar-refractivity contribution in [3.05, 3.63) is 58.6 Å². The molecule has 2 aromatic heterocycles. The van der Waals surface area contributed by atoms with Crippen molar-refractivity contribution < 1.29 is 22.3 Å². The van der Waals surface area contributed by atoms with Gasteiger partial charge >= 0.3 is 0 Å². The van der Waals surface area contributed by atoms with Gasteiger partial charge in [-0.1, -0.05) is 0 Å². The quantitative estimate of drug-likeness (QED) is 0.608. The molecule has 0 atom stereocenters. The number of sulfonamides is 1. The maximum absolute atomic E-state index is 12.3. The lowest BCUT2D eigenvalue weighted by Crippen LogP contribution is -2.23. The molecule has 1 aromatic carbocycles. The van der Waals surface area contributed by atoms with Gasteiger partial charge in [0.25, 0.3) is 15.6 Å². The lowest BCUT2D eigenvalue weighted by Gasteiger charge is -2.10. The van der Waals surface area contributed by atoms with Gasteiger partial charge in [-0.05, 0) is 36.4 Å². The van der Waals surface area contributed by atoms with E-state index in [4.69, 9.17) is 13.9 Å². The zero-order valence-corrected chi connectivity index (χ0v) is 17.4. The van der Waals surface area contributed by atoms with Crippen molar-refractivity contribution in [2.75, 3.05) is 27.3 Å². The van der Waals surface area contributed by atoms with E-state index in [1.165, 1.54) is 37.0 Å². The highest BCUT2D eigenvalue weighted by Crippen LogP contribution is 2.33. The summed E-state index contributed by atoms with van der Waals surface area (Å²) in [5, 5.41) is 4.22. The Balaban J connectivity index is 1.63. The zero-order chi connectivity index (χ0) is 21.3. The SMILES string of the molecule is CN(C)S(=O)(=O)c1ccc(Cn2nc(-c3ccc4c(c3)OCCCO4)ccc2=O)o1. The summed E-state index contributed by atoms with van der Waals surface area (Å²) in [6.45, 7) is 1.17. The first-order valence-electron chi connectivity index (χ1n) is 9.34. The Morgan fingerprint density at radius 3 is 2.57 bits per heavy atom. The van der Waals surface area contributed by atoms with E-state index in [0.717, 1.165) is 16.3 Å². The Morgan fingerprint density at radius 2 is 1.80 bits per heavy atom. The second-order valence-corrected chi connectivity index (χ2v) is 9.02. The Hall–Kier alpha value is -3.11. The molecule has 1 aliphatic rings. The van der Waals surface area contributed by atoms with Gasteiger partial charge in [0.2, 0.25) is 5.09 Å². The summed E-state index contributed by atoms with van der Waals surface area (Å²) in [4.78, 5) is 12.3. The normalized spacial score (nSPS) is 14.0. The number of ether oxygens (including phenoxy) is 2. The Labute approximate surface area is 173 Å². The molecule has 0 bridgehead atoms. The summed E-state index contributed by atoms with van der Waals surface area (Å²) in [5.41, 5.74) is 1.00. The smallest absolute Gasteiger partial charge is 0.275 e. The van der Waals surface area contributed by atoms with Crippen LogP contribution in [0.15, 0.2) is 56.8 Å². The van der Waals surface area contributed by atoms with Gasteiger partial charge in [-0.2, -0.15) is 5.10 Å². The van der Waals surface area contributed by atoms with E-state index in [0.29, 0.717) is 36.2 Å². The topological polar surface area (TPSA) is 104 Å². The van der Waals surface area contributed by atoms with E-state index in [9.17, 15) is 13.2 Å².